The number of nitrogens with zero attached hydrogens (tertiary/aromatic N) is 1. The average Bonchev–Trinajstić information content (AvgIpc) is 2.91. The number of nitrogens with one attached hydrogen (secondary N) is 1. The molecule has 1 N–H and O–H groups in total. The van der Waals surface area contributed by atoms with Crippen molar-refractivity contribution in [2.75, 3.05) is 0 Å². The Morgan fingerprint density at radius 3 is 2.00 bits per heavy atom. The third kappa shape index (κ3) is 3.70. The Morgan fingerprint density at radius 2 is 1.46 bits per heavy atom. The summed E-state index contributed by atoms with van der Waals surface area (Å²) in [5, 5.41) is 3.00. The molecule has 0 fully saturated rings. The minimum absolute atomic E-state index is 0.147. The van der Waals surface area contributed by atoms with E-state index in [1.54, 1.807) is 24.3 Å². The number of imide groups is 1. The molecule has 0 spiro atoms. The Balaban J connectivity index is 1.87. The molecule has 0 aliphatic carbocycles. The second-order valence-electron chi connectivity index (χ2n) is 7.76. The van der Waals surface area contributed by atoms with Crippen LogP contribution in [0, 0.1) is 12.8 Å². The van der Waals surface area contributed by atoms with Crippen molar-refractivity contribution < 1.29 is 14.4 Å². The fourth-order valence-corrected chi connectivity index (χ4v) is 3.73. The van der Waals surface area contributed by atoms with Gasteiger partial charge >= 0.3 is 0 Å². The second-order valence-corrected chi connectivity index (χ2v) is 7.76. The molecule has 2 unspecified atom stereocenters. The summed E-state index contributed by atoms with van der Waals surface area (Å²) in [6, 6.07) is 13.5. The third-order valence-corrected chi connectivity index (χ3v) is 5.15. The summed E-state index contributed by atoms with van der Waals surface area (Å²) in [5.41, 5.74) is 2.82. The Labute approximate surface area is 165 Å². The van der Waals surface area contributed by atoms with Gasteiger partial charge < -0.3 is 5.32 Å². The molecule has 0 aromatic heterocycles. The largest absolute Gasteiger partial charge is 0.348 e. The van der Waals surface area contributed by atoms with Crippen LogP contribution < -0.4 is 5.32 Å². The van der Waals surface area contributed by atoms with Crippen LogP contribution in [0.4, 0.5) is 0 Å². The molecule has 1 aliphatic rings. The first-order chi connectivity index (χ1) is 13.3. The van der Waals surface area contributed by atoms with Gasteiger partial charge in [-0.1, -0.05) is 50.2 Å². The lowest BCUT2D eigenvalue weighted by molar-refractivity contribution is -0.126. The number of hydrogen-bond donors (Lipinski definition) is 1. The standard InChI is InChI=1S/C23H26N2O3/c1-14(2)13-20(21(26)24-16(4)17-10-6-5-9-15(17)3)25-22(27)18-11-7-8-12-19(18)23(25)28/h5-12,14,16,20H,13H2,1-4H3,(H,24,26). The maximum atomic E-state index is 13.1. The molecule has 2 aromatic rings. The quantitative estimate of drug-likeness (QED) is 0.776. The third-order valence-electron chi connectivity index (χ3n) is 5.15. The minimum Gasteiger partial charge on any atom is -0.348 e. The number of rotatable bonds is 6. The van der Waals surface area contributed by atoms with Crippen molar-refractivity contribution in [1.29, 1.82) is 0 Å². The molecule has 1 aliphatic heterocycles. The van der Waals surface area contributed by atoms with Gasteiger partial charge in [0.25, 0.3) is 11.8 Å². The number of carbonyl (C=O) groups is 3. The van der Waals surface area contributed by atoms with E-state index in [1.807, 2.05) is 52.0 Å². The van der Waals surface area contributed by atoms with Crippen LogP contribution in [-0.4, -0.2) is 28.7 Å². The molecule has 0 saturated heterocycles. The Bertz CT molecular complexity index is 885. The molecule has 0 bridgehead atoms. The van der Waals surface area contributed by atoms with E-state index in [4.69, 9.17) is 0 Å². The maximum absolute atomic E-state index is 13.1. The molecule has 0 saturated carbocycles. The first-order valence-electron chi connectivity index (χ1n) is 9.64. The van der Waals surface area contributed by atoms with E-state index < -0.39 is 17.9 Å². The number of aryl methyl sites for hydroxylation is 1. The van der Waals surface area contributed by atoms with Crippen molar-refractivity contribution >= 4 is 17.7 Å². The highest BCUT2D eigenvalue weighted by Gasteiger charge is 2.42. The van der Waals surface area contributed by atoms with E-state index in [0.29, 0.717) is 17.5 Å². The van der Waals surface area contributed by atoms with Gasteiger partial charge in [-0.15, -0.1) is 0 Å². The number of fused-ring (bicyclic) bond motifs is 1. The first-order valence-corrected chi connectivity index (χ1v) is 9.64. The van der Waals surface area contributed by atoms with Crippen molar-refractivity contribution in [3.8, 4) is 0 Å². The lowest BCUT2D eigenvalue weighted by Gasteiger charge is -2.28. The van der Waals surface area contributed by atoms with Crippen LogP contribution in [-0.2, 0) is 4.79 Å². The maximum Gasteiger partial charge on any atom is 0.262 e. The molecule has 1 heterocycles. The van der Waals surface area contributed by atoms with Crippen molar-refractivity contribution in [3.05, 3.63) is 70.8 Å². The van der Waals surface area contributed by atoms with Crippen LogP contribution in [0.25, 0.3) is 0 Å². The summed E-state index contributed by atoms with van der Waals surface area (Å²) in [5.74, 6) is -0.956. The molecule has 146 valence electrons. The predicted octanol–water partition coefficient (Wildman–Crippen LogP) is 3.88. The van der Waals surface area contributed by atoms with Gasteiger partial charge in [0, 0.05) is 0 Å². The highest BCUT2D eigenvalue weighted by atomic mass is 16.2. The van der Waals surface area contributed by atoms with Gasteiger partial charge in [0.15, 0.2) is 0 Å². The van der Waals surface area contributed by atoms with E-state index in [1.165, 1.54) is 0 Å². The molecular formula is C23H26N2O3. The monoisotopic (exact) mass is 378 g/mol. The van der Waals surface area contributed by atoms with Gasteiger partial charge in [-0.05, 0) is 49.4 Å². The normalized spacial score (nSPS) is 15.5. The molecule has 28 heavy (non-hydrogen) atoms. The lowest BCUT2D eigenvalue weighted by atomic mass is 9.99. The Morgan fingerprint density at radius 1 is 0.929 bits per heavy atom. The molecule has 2 aromatic carbocycles. The zero-order chi connectivity index (χ0) is 20.4. The van der Waals surface area contributed by atoms with E-state index in [9.17, 15) is 14.4 Å². The van der Waals surface area contributed by atoms with Crippen LogP contribution >= 0.6 is 0 Å². The SMILES string of the molecule is Cc1ccccc1C(C)NC(=O)C(CC(C)C)N1C(=O)c2ccccc2C1=O. The van der Waals surface area contributed by atoms with Gasteiger partial charge in [0.05, 0.1) is 17.2 Å². The Hall–Kier alpha value is -2.95. The highest BCUT2D eigenvalue weighted by molar-refractivity contribution is 6.22. The molecule has 5 nitrogen and oxygen atoms in total. The topological polar surface area (TPSA) is 66.5 Å². The van der Waals surface area contributed by atoms with Crippen molar-refractivity contribution in [2.24, 2.45) is 5.92 Å². The number of benzene rings is 2. The van der Waals surface area contributed by atoms with Crippen LogP contribution in [0.3, 0.4) is 0 Å². The molecule has 3 rings (SSSR count). The van der Waals surface area contributed by atoms with Crippen LogP contribution in [0.15, 0.2) is 48.5 Å². The number of carbonyl (C=O) groups excluding carboxylic acids is 3. The summed E-state index contributed by atoms with van der Waals surface area (Å²) in [7, 11) is 0. The smallest absolute Gasteiger partial charge is 0.262 e. The van der Waals surface area contributed by atoms with Gasteiger partial charge in [0.2, 0.25) is 5.91 Å². The fourth-order valence-electron chi connectivity index (χ4n) is 3.73. The van der Waals surface area contributed by atoms with Gasteiger partial charge in [-0.2, -0.15) is 0 Å². The first kappa shape index (κ1) is 19.8. The molecule has 5 heteroatoms. The Kier molecular flexibility index (Phi) is 5.63. The van der Waals surface area contributed by atoms with Gasteiger partial charge in [-0.25, -0.2) is 0 Å². The van der Waals surface area contributed by atoms with E-state index in [-0.39, 0.29) is 17.9 Å². The van der Waals surface area contributed by atoms with Crippen molar-refractivity contribution in [3.63, 3.8) is 0 Å². The highest BCUT2D eigenvalue weighted by Crippen LogP contribution is 2.27. The zero-order valence-electron chi connectivity index (χ0n) is 16.7. The fraction of sp³-hybridized carbons (Fsp3) is 0.348. The van der Waals surface area contributed by atoms with E-state index in [2.05, 4.69) is 5.32 Å². The second kappa shape index (κ2) is 7.97. The summed E-state index contributed by atoms with van der Waals surface area (Å²) >= 11 is 0. The summed E-state index contributed by atoms with van der Waals surface area (Å²) in [4.78, 5) is 40.0. The predicted molar refractivity (Wildman–Crippen MR) is 108 cm³/mol. The van der Waals surface area contributed by atoms with Crippen molar-refractivity contribution in [2.45, 2.75) is 46.2 Å². The summed E-state index contributed by atoms with van der Waals surface area (Å²) in [6.45, 7) is 7.86. The van der Waals surface area contributed by atoms with Crippen LogP contribution in [0.5, 0.6) is 0 Å². The average molecular weight is 378 g/mol. The number of hydrogen-bond acceptors (Lipinski definition) is 3. The molecular weight excluding hydrogens is 352 g/mol. The molecule has 2 atom stereocenters. The summed E-state index contributed by atoms with van der Waals surface area (Å²) < 4.78 is 0. The van der Waals surface area contributed by atoms with Gasteiger partial charge in [-0.3, -0.25) is 19.3 Å². The molecule has 0 radical (unpaired) electrons. The van der Waals surface area contributed by atoms with Crippen LogP contribution in [0.2, 0.25) is 0 Å². The van der Waals surface area contributed by atoms with Gasteiger partial charge in [0.1, 0.15) is 6.04 Å². The molecule has 3 amide bonds. The van der Waals surface area contributed by atoms with E-state index >= 15 is 0 Å². The van der Waals surface area contributed by atoms with E-state index in [0.717, 1.165) is 16.0 Å². The summed E-state index contributed by atoms with van der Waals surface area (Å²) in [6.07, 6.45) is 0.414. The minimum atomic E-state index is -0.834. The zero-order valence-corrected chi connectivity index (χ0v) is 16.7. The van der Waals surface area contributed by atoms with Crippen molar-refractivity contribution in [1.82, 2.24) is 10.2 Å². The number of amides is 3. The van der Waals surface area contributed by atoms with Crippen LogP contribution in [0.1, 0.15) is 65.1 Å². The lowest BCUT2D eigenvalue weighted by Crippen LogP contribution is -2.50.